The molecule has 116 valence electrons. The van der Waals surface area contributed by atoms with Gasteiger partial charge in [-0.25, -0.2) is 14.2 Å². The molecule has 0 aliphatic carbocycles. The van der Waals surface area contributed by atoms with Crippen molar-refractivity contribution in [3.63, 3.8) is 0 Å². The van der Waals surface area contributed by atoms with Crippen molar-refractivity contribution >= 4 is 23.3 Å². The van der Waals surface area contributed by atoms with E-state index in [2.05, 4.69) is 9.72 Å². The molecule has 0 bridgehead atoms. The molecule has 1 aromatic heterocycles. The molecule has 2 aromatic rings. The van der Waals surface area contributed by atoms with E-state index < -0.39 is 34.8 Å². The summed E-state index contributed by atoms with van der Waals surface area (Å²) < 4.78 is 42.4. The number of nitrogens with zero attached hydrogens (tertiary/aromatic N) is 1. The lowest BCUT2D eigenvalue weighted by molar-refractivity contribution is -0.0498. The molecule has 1 aromatic carbocycles. The first kappa shape index (κ1) is 15.9. The SMILES string of the molecule is Nc1c(F)c(-c2ccc(OC(F)F)cc2)nc(C(=O)O)c1Cl. The van der Waals surface area contributed by atoms with Crippen molar-refractivity contribution in [1.82, 2.24) is 4.98 Å². The highest BCUT2D eigenvalue weighted by Crippen LogP contribution is 2.32. The zero-order valence-electron chi connectivity index (χ0n) is 10.7. The maximum Gasteiger partial charge on any atom is 0.387 e. The lowest BCUT2D eigenvalue weighted by Crippen LogP contribution is -2.08. The smallest absolute Gasteiger partial charge is 0.387 e. The van der Waals surface area contributed by atoms with Gasteiger partial charge in [0.25, 0.3) is 0 Å². The number of hydrogen-bond donors (Lipinski definition) is 2. The fourth-order valence-corrected chi connectivity index (χ4v) is 1.89. The van der Waals surface area contributed by atoms with Crippen LogP contribution in [0.1, 0.15) is 10.5 Å². The number of carbonyl (C=O) groups is 1. The van der Waals surface area contributed by atoms with Gasteiger partial charge in [0.2, 0.25) is 0 Å². The average molecular weight is 333 g/mol. The van der Waals surface area contributed by atoms with Crippen molar-refractivity contribution in [2.45, 2.75) is 6.61 Å². The maximum absolute atomic E-state index is 14.1. The minimum absolute atomic E-state index is 0.130. The zero-order valence-corrected chi connectivity index (χ0v) is 11.4. The van der Waals surface area contributed by atoms with Gasteiger partial charge in [0.1, 0.15) is 11.4 Å². The van der Waals surface area contributed by atoms with E-state index in [9.17, 15) is 18.0 Å². The van der Waals surface area contributed by atoms with Gasteiger partial charge in [-0.2, -0.15) is 8.78 Å². The van der Waals surface area contributed by atoms with Gasteiger partial charge in [0.05, 0.1) is 10.7 Å². The molecule has 0 amide bonds. The lowest BCUT2D eigenvalue weighted by atomic mass is 10.1. The summed E-state index contributed by atoms with van der Waals surface area (Å²) in [5, 5.41) is 8.46. The Morgan fingerprint density at radius 3 is 2.41 bits per heavy atom. The van der Waals surface area contributed by atoms with E-state index in [1.807, 2.05) is 0 Å². The van der Waals surface area contributed by atoms with Gasteiger partial charge in [-0.05, 0) is 24.3 Å². The Hall–Kier alpha value is -2.48. The molecule has 22 heavy (non-hydrogen) atoms. The Morgan fingerprint density at radius 1 is 1.32 bits per heavy atom. The van der Waals surface area contributed by atoms with E-state index in [1.165, 1.54) is 12.1 Å². The number of alkyl halides is 2. The molecule has 0 spiro atoms. The number of ether oxygens (including phenoxy) is 1. The van der Waals surface area contributed by atoms with Crippen LogP contribution in [0.2, 0.25) is 5.02 Å². The molecule has 0 radical (unpaired) electrons. The van der Waals surface area contributed by atoms with E-state index in [4.69, 9.17) is 22.4 Å². The summed E-state index contributed by atoms with van der Waals surface area (Å²) >= 11 is 5.62. The molecule has 0 atom stereocenters. The third kappa shape index (κ3) is 3.06. The second-order valence-corrected chi connectivity index (χ2v) is 4.44. The summed E-state index contributed by atoms with van der Waals surface area (Å²) in [6.07, 6.45) is 0. The Labute approximate surface area is 127 Å². The predicted octanol–water partition coefficient (Wildman–Crippen LogP) is 3.42. The Bertz CT molecular complexity index is 723. The molecule has 1 heterocycles. The van der Waals surface area contributed by atoms with E-state index in [0.717, 1.165) is 12.1 Å². The van der Waals surface area contributed by atoms with Crippen LogP contribution in [0.25, 0.3) is 11.3 Å². The van der Waals surface area contributed by atoms with Gasteiger partial charge in [0, 0.05) is 5.56 Å². The van der Waals surface area contributed by atoms with Gasteiger partial charge < -0.3 is 15.6 Å². The van der Waals surface area contributed by atoms with E-state index >= 15 is 0 Å². The quantitative estimate of drug-likeness (QED) is 0.896. The van der Waals surface area contributed by atoms with Crippen LogP contribution in [-0.4, -0.2) is 22.7 Å². The van der Waals surface area contributed by atoms with Crippen LogP contribution in [0.5, 0.6) is 5.75 Å². The van der Waals surface area contributed by atoms with Crippen molar-refractivity contribution in [3.05, 3.63) is 40.8 Å². The summed E-state index contributed by atoms with van der Waals surface area (Å²) in [6.45, 7) is -2.99. The van der Waals surface area contributed by atoms with Crippen LogP contribution in [-0.2, 0) is 0 Å². The van der Waals surface area contributed by atoms with Crippen molar-refractivity contribution in [2.24, 2.45) is 0 Å². The van der Waals surface area contributed by atoms with Gasteiger partial charge in [-0.1, -0.05) is 11.6 Å². The van der Waals surface area contributed by atoms with E-state index in [0.29, 0.717) is 0 Å². The fraction of sp³-hybridized carbons (Fsp3) is 0.0769. The first-order chi connectivity index (χ1) is 10.3. The van der Waals surface area contributed by atoms with Crippen LogP contribution < -0.4 is 10.5 Å². The highest BCUT2D eigenvalue weighted by atomic mass is 35.5. The monoisotopic (exact) mass is 332 g/mol. The zero-order chi connectivity index (χ0) is 16.4. The number of anilines is 1. The standard InChI is InChI=1S/C13H8ClF3N2O3/c14-7-9(18)8(15)10(19-11(7)12(20)21)5-1-3-6(4-2-5)22-13(16)17/h1-4,13H,(H2,18,19)(H,20,21). The largest absolute Gasteiger partial charge is 0.476 e. The number of halogens is 4. The van der Waals surface area contributed by atoms with Crippen LogP contribution in [0.4, 0.5) is 18.9 Å². The second-order valence-electron chi connectivity index (χ2n) is 4.06. The number of hydrogen-bond acceptors (Lipinski definition) is 4. The van der Waals surface area contributed by atoms with Crippen molar-refractivity contribution in [2.75, 3.05) is 5.73 Å². The fourth-order valence-electron chi connectivity index (χ4n) is 1.69. The Morgan fingerprint density at radius 2 is 1.91 bits per heavy atom. The van der Waals surface area contributed by atoms with Gasteiger partial charge in [-0.3, -0.25) is 0 Å². The first-order valence-electron chi connectivity index (χ1n) is 5.74. The van der Waals surface area contributed by atoms with Crippen LogP contribution in [0.15, 0.2) is 24.3 Å². The molecular formula is C13H8ClF3N2O3. The maximum atomic E-state index is 14.1. The molecule has 0 aliphatic heterocycles. The second kappa shape index (κ2) is 6.10. The van der Waals surface area contributed by atoms with E-state index in [-0.39, 0.29) is 17.0 Å². The third-order valence-electron chi connectivity index (χ3n) is 2.67. The van der Waals surface area contributed by atoms with Crippen molar-refractivity contribution in [3.8, 4) is 17.0 Å². The molecule has 3 N–H and O–H groups in total. The predicted molar refractivity (Wildman–Crippen MR) is 72.6 cm³/mol. The Balaban J connectivity index is 2.50. The topological polar surface area (TPSA) is 85.4 Å². The summed E-state index contributed by atoms with van der Waals surface area (Å²) in [6, 6.07) is 4.80. The van der Waals surface area contributed by atoms with Crippen molar-refractivity contribution in [1.29, 1.82) is 0 Å². The van der Waals surface area contributed by atoms with E-state index in [1.54, 1.807) is 0 Å². The lowest BCUT2D eigenvalue weighted by Gasteiger charge is -2.10. The average Bonchev–Trinajstić information content (AvgIpc) is 2.45. The molecular weight excluding hydrogens is 325 g/mol. The number of carboxylic acid groups (broad SMARTS) is 1. The minimum Gasteiger partial charge on any atom is -0.476 e. The molecule has 0 aliphatic rings. The van der Waals surface area contributed by atoms with Gasteiger partial charge in [0.15, 0.2) is 11.5 Å². The Kier molecular flexibility index (Phi) is 4.41. The number of aromatic nitrogens is 1. The highest BCUT2D eigenvalue weighted by Gasteiger charge is 2.21. The molecule has 5 nitrogen and oxygen atoms in total. The summed E-state index contributed by atoms with van der Waals surface area (Å²) in [5.74, 6) is -2.62. The van der Waals surface area contributed by atoms with Crippen molar-refractivity contribution < 1.29 is 27.8 Å². The van der Waals surface area contributed by atoms with Gasteiger partial charge >= 0.3 is 12.6 Å². The minimum atomic E-state index is -2.99. The highest BCUT2D eigenvalue weighted by molar-refractivity contribution is 6.35. The molecule has 0 saturated heterocycles. The number of rotatable bonds is 4. The molecule has 0 fully saturated rings. The number of nitrogen functional groups attached to an aromatic ring is 1. The number of benzene rings is 1. The molecule has 0 unspecified atom stereocenters. The number of nitrogens with two attached hydrogens (primary N) is 1. The van der Waals surface area contributed by atoms with Crippen LogP contribution in [0.3, 0.4) is 0 Å². The normalized spacial score (nSPS) is 10.8. The van der Waals surface area contributed by atoms with Gasteiger partial charge in [-0.15, -0.1) is 0 Å². The number of aromatic carboxylic acids is 1. The summed E-state index contributed by atoms with van der Waals surface area (Å²) in [7, 11) is 0. The molecule has 9 heteroatoms. The summed E-state index contributed by atoms with van der Waals surface area (Å²) in [5.41, 5.74) is 4.03. The molecule has 2 rings (SSSR count). The van der Waals surface area contributed by atoms with Crippen LogP contribution in [0, 0.1) is 5.82 Å². The summed E-state index contributed by atoms with van der Waals surface area (Å²) in [4.78, 5) is 14.6. The number of pyridine rings is 1. The first-order valence-corrected chi connectivity index (χ1v) is 6.12. The number of carboxylic acids is 1. The molecule has 0 saturated carbocycles. The third-order valence-corrected chi connectivity index (χ3v) is 3.05. The van der Waals surface area contributed by atoms with Crippen LogP contribution >= 0.6 is 11.6 Å².